The Morgan fingerprint density at radius 2 is 2.11 bits per heavy atom. The van der Waals surface area contributed by atoms with Gasteiger partial charge in [0.25, 0.3) is 17.5 Å². The van der Waals surface area contributed by atoms with Crippen LogP contribution in [0.15, 0.2) is 34.9 Å². The molecule has 0 aliphatic heterocycles. The molecule has 2 aromatic rings. The minimum absolute atomic E-state index is 0.0115. The van der Waals surface area contributed by atoms with Gasteiger partial charge in [-0.2, -0.15) is 4.98 Å². The number of unbranched alkanes of at least 4 members (excludes halogenated alkanes) is 1. The first-order valence-electron chi connectivity index (χ1n) is 5.73. The van der Waals surface area contributed by atoms with Gasteiger partial charge in [-0.25, -0.2) is 0 Å². The van der Waals surface area contributed by atoms with E-state index in [0.29, 0.717) is 12.3 Å². The summed E-state index contributed by atoms with van der Waals surface area (Å²) in [4.78, 5) is 15.6. The average molecular weight is 240 g/mol. The van der Waals surface area contributed by atoms with E-state index in [2.05, 4.69) is 22.0 Å². The molecule has 0 N–H and O–H groups in total. The molecule has 0 fully saturated rings. The predicted molar refractivity (Wildman–Crippen MR) is 66.7 cm³/mol. The highest BCUT2D eigenvalue weighted by Crippen LogP contribution is 2.15. The summed E-state index contributed by atoms with van der Waals surface area (Å²) in [6.45, 7) is 2.00. The van der Waals surface area contributed by atoms with Crippen LogP contribution >= 0.6 is 0 Å². The fourth-order valence-electron chi connectivity index (χ4n) is 1.34. The second kappa shape index (κ2) is 5.78. The summed E-state index contributed by atoms with van der Waals surface area (Å²) < 4.78 is 5.03. The molecular weight excluding hydrogens is 228 g/mol. The summed E-state index contributed by atoms with van der Waals surface area (Å²) >= 11 is 0. The summed E-state index contributed by atoms with van der Waals surface area (Å²) in [6.07, 6.45) is 1.61. The Morgan fingerprint density at radius 1 is 1.33 bits per heavy atom. The first-order valence-corrected chi connectivity index (χ1v) is 5.73. The van der Waals surface area contributed by atoms with Gasteiger partial charge >= 0.3 is 0 Å². The lowest BCUT2D eigenvalue weighted by atomic mass is 10.2. The number of aromatic nitrogens is 2. The van der Waals surface area contributed by atoms with Gasteiger partial charge in [-0.05, 0) is 24.5 Å². The normalized spacial score (nSPS) is 9.61. The zero-order chi connectivity index (χ0) is 12.8. The second-order valence-corrected chi connectivity index (χ2v) is 3.67. The van der Waals surface area contributed by atoms with Crippen LogP contribution in [-0.4, -0.2) is 15.9 Å². The van der Waals surface area contributed by atoms with Gasteiger partial charge in [0.05, 0.1) is 0 Å². The molecule has 0 amide bonds. The number of nitrogens with zero attached hydrogens (tertiary/aromatic N) is 2. The molecule has 1 aromatic heterocycles. The maximum atomic E-state index is 11.6. The molecule has 0 bridgehead atoms. The van der Waals surface area contributed by atoms with Crippen LogP contribution in [0, 0.1) is 11.8 Å². The molecule has 2 rings (SSSR count). The molecule has 0 saturated heterocycles. The fourth-order valence-corrected chi connectivity index (χ4v) is 1.34. The third kappa shape index (κ3) is 2.83. The molecule has 4 nitrogen and oxygen atoms in total. The number of hydrogen-bond acceptors (Lipinski definition) is 4. The van der Waals surface area contributed by atoms with Crippen molar-refractivity contribution in [2.45, 2.75) is 19.8 Å². The third-order valence-electron chi connectivity index (χ3n) is 2.23. The van der Waals surface area contributed by atoms with Gasteiger partial charge in [0, 0.05) is 12.0 Å². The van der Waals surface area contributed by atoms with Crippen LogP contribution in [0.4, 0.5) is 0 Å². The second-order valence-electron chi connectivity index (χ2n) is 3.67. The van der Waals surface area contributed by atoms with Gasteiger partial charge in [0.1, 0.15) is 0 Å². The van der Waals surface area contributed by atoms with Crippen molar-refractivity contribution in [3.05, 3.63) is 36.2 Å². The highest BCUT2D eigenvalue weighted by atomic mass is 16.5. The van der Waals surface area contributed by atoms with Crippen LogP contribution in [0.1, 0.15) is 30.4 Å². The van der Waals surface area contributed by atoms with Crippen LogP contribution in [-0.2, 0) is 0 Å². The standard InChI is InChI=1S/C14H12N2O2/c1-2-3-5-10-12(17)13-15-14(18-16-13)11-8-6-4-7-9-11/h4,6-9H,2-3H2,1H3. The van der Waals surface area contributed by atoms with Crippen molar-refractivity contribution in [2.75, 3.05) is 0 Å². The van der Waals surface area contributed by atoms with Crippen LogP contribution in [0.3, 0.4) is 0 Å². The van der Waals surface area contributed by atoms with Gasteiger partial charge < -0.3 is 4.52 Å². The zero-order valence-electron chi connectivity index (χ0n) is 10.0. The summed E-state index contributed by atoms with van der Waals surface area (Å²) in [5, 5.41) is 3.63. The molecule has 90 valence electrons. The van der Waals surface area contributed by atoms with E-state index in [1.807, 2.05) is 37.3 Å². The van der Waals surface area contributed by atoms with Gasteiger partial charge in [-0.15, -0.1) is 0 Å². The summed E-state index contributed by atoms with van der Waals surface area (Å²) in [6, 6.07) is 9.29. The minimum atomic E-state index is -0.408. The van der Waals surface area contributed by atoms with E-state index in [0.717, 1.165) is 12.0 Å². The topological polar surface area (TPSA) is 56.0 Å². The van der Waals surface area contributed by atoms with E-state index < -0.39 is 5.78 Å². The van der Waals surface area contributed by atoms with Crippen LogP contribution in [0.25, 0.3) is 11.5 Å². The quantitative estimate of drug-likeness (QED) is 0.470. The Hall–Kier alpha value is -2.41. The zero-order valence-corrected chi connectivity index (χ0v) is 10.0. The molecule has 0 spiro atoms. The molecule has 0 radical (unpaired) electrons. The molecular formula is C14H12N2O2. The lowest BCUT2D eigenvalue weighted by Crippen LogP contribution is -1.97. The smallest absolute Gasteiger partial charge is 0.276 e. The number of carbonyl (C=O) groups is 1. The first-order chi connectivity index (χ1) is 8.81. The summed E-state index contributed by atoms with van der Waals surface area (Å²) in [5.74, 6) is 5.19. The predicted octanol–water partition coefficient (Wildman–Crippen LogP) is 2.72. The molecule has 0 atom stereocenters. The largest absolute Gasteiger partial charge is 0.333 e. The lowest BCUT2D eigenvalue weighted by molar-refractivity contribution is 0.104. The Morgan fingerprint density at radius 3 is 2.83 bits per heavy atom. The SMILES string of the molecule is CCCC#CC(=O)c1noc(-c2ccccc2)n1. The van der Waals surface area contributed by atoms with E-state index in [-0.39, 0.29) is 5.82 Å². The Labute approximate surface area is 105 Å². The number of Topliss-reactive ketones (excluding diaryl/α,β-unsaturated/α-hetero) is 1. The van der Waals surface area contributed by atoms with Crippen molar-refractivity contribution in [3.63, 3.8) is 0 Å². The summed E-state index contributed by atoms with van der Waals surface area (Å²) in [5.41, 5.74) is 0.783. The maximum absolute atomic E-state index is 11.6. The molecule has 1 heterocycles. The van der Waals surface area contributed by atoms with Crippen molar-refractivity contribution in [2.24, 2.45) is 0 Å². The van der Waals surface area contributed by atoms with Crippen LogP contribution in [0.5, 0.6) is 0 Å². The van der Waals surface area contributed by atoms with E-state index in [1.165, 1.54) is 0 Å². The number of hydrogen-bond donors (Lipinski definition) is 0. The number of ketones is 1. The molecule has 0 aliphatic carbocycles. The lowest BCUT2D eigenvalue weighted by Gasteiger charge is -1.89. The molecule has 0 saturated carbocycles. The van der Waals surface area contributed by atoms with E-state index in [9.17, 15) is 4.79 Å². The molecule has 18 heavy (non-hydrogen) atoms. The molecule has 0 aliphatic rings. The number of benzene rings is 1. The molecule has 1 aromatic carbocycles. The van der Waals surface area contributed by atoms with Crippen molar-refractivity contribution >= 4 is 5.78 Å². The Kier molecular flexibility index (Phi) is 3.87. The molecule has 4 heteroatoms. The van der Waals surface area contributed by atoms with Crippen molar-refractivity contribution < 1.29 is 9.32 Å². The van der Waals surface area contributed by atoms with Gasteiger partial charge in [0.15, 0.2) is 0 Å². The van der Waals surface area contributed by atoms with E-state index >= 15 is 0 Å². The first kappa shape index (κ1) is 12.1. The summed E-state index contributed by atoms with van der Waals surface area (Å²) in [7, 11) is 0. The van der Waals surface area contributed by atoms with Crippen molar-refractivity contribution in [1.29, 1.82) is 0 Å². The maximum Gasteiger partial charge on any atom is 0.276 e. The highest BCUT2D eigenvalue weighted by Gasteiger charge is 2.13. The third-order valence-corrected chi connectivity index (χ3v) is 2.23. The van der Waals surface area contributed by atoms with E-state index in [1.54, 1.807) is 0 Å². The number of carbonyl (C=O) groups excluding carboxylic acids is 1. The Bertz CT molecular complexity index is 591. The fraction of sp³-hybridized carbons (Fsp3) is 0.214. The van der Waals surface area contributed by atoms with Crippen molar-refractivity contribution in [1.82, 2.24) is 10.1 Å². The monoisotopic (exact) mass is 240 g/mol. The minimum Gasteiger partial charge on any atom is -0.333 e. The molecule has 0 unspecified atom stereocenters. The average Bonchev–Trinajstić information content (AvgIpc) is 2.89. The van der Waals surface area contributed by atoms with E-state index in [4.69, 9.17) is 4.52 Å². The van der Waals surface area contributed by atoms with Gasteiger partial charge in [0.2, 0.25) is 0 Å². The van der Waals surface area contributed by atoms with Crippen LogP contribution < -0.4 is 0 Å². The Balaban J connectivity index is 2.17. The highest BCUT2D eigenvalue weighted by molar-refractivity contribution is 6.06. The van der Waals surface area contributed by atoms with Gasteiger partial charge in [-0.1, -0.05) is 36.2 Å². The van der Waals surface area contributed by atoms with Crippen LogP contribution in [0.2, 0.25) is 0 Å². The number of rotatable bonds is 3. The van der Waals surface area contributed by atoms with Gasteiger partial charge in [-0.3, -0.25) is 4.79 Å². The van der Waals surface area contributed by atoms with Crippen molar-refractivity contribution in [3.8, 4) is 23.3 Å².